The molecule has 0 aliphatic rings. The van der Waals surface area contributed by atoms with E-state index < -0.39 is 28.5 Å². The molecular formula is C25H32Cl3N3O4S. The van der Waals surface area contributed by atoms with Gasteiger partial charge in [-0.15, -0.1) is 0 Å². The highest BCUT2D eigenvalue weighted by atomic mass is 35.5. The zero-order valence-corrected chi connectivity index (χ0v) is 24.1. The van der Waals surface area contributed by atoms with Crippen molar-refractivity contribution >= 4 is 62.3 Å². The van der Waals surface area contributed by atoms with Crippen LogP contribution in [0.3, 0.4) is 0 Å². The maximum atomic E-state index is 13.8. The molecule has 2 rings (SSSR count). The molecule has 0 aliphatic carbocycles. The molecule has 0 spiro atoms. The second kappa shape index (κ2) is 13.0. The van der Waals surface area contributed by atoms with E-state index in [1.165, 1.54) is 11.0 Å². The van der Waals surface area contributed by atoms with Crippen molar-refractivity contribution in [3.63, 3.8) is 0 Å². The van der Waals surface area contributed by atoms with Crippen molar-refractivity contribution in [2.45, 2.75) is 59.2 Å². The number of halogens is 3. The lowest BCUT2D eigenvalue weighted by Crippen LogP contribution is -2.53. The maximum absolute atomic E-state index is 13.8. The molecule has 0 fully saturated rings. The molecule has 0 saturated carbocycles. The maximum Gasteiger partial charge on any atom is 0.244 e. The first-order valence-corrected chi connectivity index (χ1v) is 14.5. The minimum Gasteiger partial charge on any atom is -0.352 e. The highest BCUT2D eigenvalue weighted by molar-refractivity contribution is 7.92. The summed E-state index contributed by atoms with van der Waals surface area (Å²) in [5, 5.41) is 3.92. The molecule has 2 atom stereocenters. The third kappa shape index (κ3) is 7.75. The fourth-order valence-corrected chi connectivity index (χ4v) is 5.24. The number of anilines is 1. The molecule has 0 heterocycles. The largest absolute Gasteiger partial charge is 0.352 e. The fourth-order valence-electron chi connectivity index (χ4n) is 3.66. The molecule has 0 aromatic heterocycles. The Morgan fingerprint density at radius 2 is 1.64 bits per heavy atom. The van der Waals surface area contributed by atoms with E-state index in [9.17, 15) is 18.0 Å². The molecule has 36 heavy (non-hydrogen) atoms. The number of benzene rings is 2. The van der Waals surface area contributed by atoms with Gasteiger partial charge in [-0.2, -0.15) is 0 Å². The van der Waals surface area contributed by atoms with Gasteiger partial charge in [0.25, 0.3) is 0 Å². The summed E-state index contributed by atoms with van der Waals surface area (Å²) in [5.74, 6) is -0.921. The summed E-state index contributed by atoms with van der Waals surface area (Å²) in [7, 11) is -3.88. The van der Waals surface area contributed by atoms with Crippen molar-refractivity contribution in [2.24, 2.45) is 0 Å². The van der Waals surface area contributed by atoms with Crippen LogP contribution in [-0.4, -0.2) is 50.0 Å². The van der Waals surface area contributed by atoms with Gasteiger partial charge in [-0.05, 0) is 56.5 Å². The second-order valence-corrected chi connectivity index (χ2v) is 11.8. The van der Waals surface area contributed by atoms with Crippen LogP contribution in [0.25, 0.3) is 0 Å². The highest BCUT2D eigenvalue weighted by Crippen LogP contribution is 2.29. The first kappa shape index (κ1) is 30.2. The fraction of sp³-hybridized carbons (Fsp3) is 0.440. The van der Waals surface area contributed by atoms with Crippen LogP contribution in [0.15, 0.2) is 36.4 Å². The molecule has 0 saturated heterocycles. The first-order valence-electron chi connectivity index (χ1n) is 11.6. The Balaban J connectivity index is 2.55. The molecule has 0 radical (unpaired) electrons. The van der Waals surface area contributed by atoms with E-state index in [-0.39, 0.29) is 24.2 Å². The Hall–Kier alpha value is -2.00. The molecule has 2 aromatic carbocycles. The molecule has 2 unspecified atom stereocenters. The summed E-state index contributed by atoms with van der Waals surface area (Å²) in [6.45, 7) is 6.71. The van der Waals surface area contributed by atoms with Crippen LogP contribution in [0.2, 0.25) is 15.1 Å². The van der Waals surface area contributed by atoms with E-state index in [2.05, 4.69) is 5.32 Å². The summed E-state index contributed by atoms with van der Waals surface area (Å²) >= 11 is 18.9. The summed E-state index contributed by atoms with van der Waals surface area (Å²) < 4.78 is 26.5. The third-order valence-electron chi connectivity index (χ3n) is 5.90. The molecule has 11 heteroatoms. The van der Waals surface area contributed by atoms with Crippen LogP contribution in [0.5, 0.6) is 0 Å². The van der Waals surface area contributed by atoms with Gasteiger partial charge in [-0.3, -0.25) is 13.9 Å². The lowest BCUT2D eigenvalue weighted by molar-refractivity contribution is -0.140. The number of hydrogen-bond donors (Lipinski definition) is 1. The van der Waals surface area contributed by atoms with Gasteiger partial charge in [0.2, 0.25) is 21.8 Å². The van der Waals surface area contributed by atoms with Gasteiger partial charge in [-0.1, -0.05) is 60.8 Å². The van der Waals surface area contributed by atoms with Crippen molar-refractivity contribution in [1.82, 2.24) is 10.2 Å². The van der Waals surface area contributed by atoms with E-state index in [0.29, 0.717) is 39.0 Å². The lowest BCUT2D eigenvalue weighted by Gasteiger charge is -2.34. The Morgan fingerprint density at radius 1 is 1.03 bits per heavy atom. The minimum atomic E-state index is -3.88. The molecule has 0 aliphatic heterocycles. The van der Waals surface area contributed by atoms with E-state index in [1.54, 1.807) is 44.2 Å². The van der Waals surface area contributed by atoms with Gasteiger partial charge in [0.05, 0.1) is 11.9 Å². The zero-order chi connectivity index (χ0) is 27.2. The average Bonchev–Trinajstić information content (AvgIpc) is 2.79. The van der Waals surface area contributed by atoms with Crippen LogP contribution in [0, 0.1) is 6.92 Å². The van der Waals surface area contributed by atoms with E-state index in [0.717, 1.165) is 10.6 Å². The Bertz CT molecular complexity index is 1190. The monoisotopic (exact) mass is 575 g/mol. The van der Waals surface area contributed by atoms with Crippen LogP contribution in [0.4, 0.5) is 5.69 Å². The van der Waals surface area contributed by atoms with Gasteiger partial charge >= 0.3 is 0 Å². The summed E-state index contributed by atoms with van der Waals surface area (Å²) in [6.07, 6.45) is 2.02. The Labute approximate surface area is 228 Å². The predicted molar refractivity (Wildman–Crippen MR) is 147 cm³/mol. The van der Waals surface area contributed by atoms with Gasteiger partial charge in [-0.25, -0.2) is 8.42 Å². The molecule has 7 nitrogen and oxygen atoms in total. The van der Waals surface area contributed by atoms with Crippen molar-refractivity contribution in [3.8, 4) is 0 Å². The molecule has 198 valence electrons. The number of amides is 2. The molecule has 0 bridgehead atoms. The number of nitrogens with one attached hydrogen (secondary N) is 1. The van der Waals surface area contributed by atoms with Crippen LogP contribution in [0.1, 0.15) is 44.7 Å². The summed E-state index contributed by atoms with van der Waals surface area (Å²) in [5.41, 5.74) is 1.37. The highest BCUT2D eigenvalue weighted by Gasteiger charge is 2.33. The molecular weight excluding hydrogens is 545 g/mol. The Kier molecular flexibility index (Phi) is 10.9. The van der Waals surface area contributed by atoms with Gasteiger partial charge in [0.1, 0.15) is 12.6 Å². The Morgan fingerprint density at radius 3 is 2.17 bits per heavy atom. The number of carbonyl (C=O) groups is 2. The second-order valence-electron chi connectivity index (χ2n) is 8.66. The van der Waals surface area contributed by atoms with Crippen molar-refractivity contribution in [2.75, 3.05) is 17.1 Å². The standard InChI is InChI=1S/C25H32Cl3N3O4S/c1-6-17(4)29-25(33)22(7-2)30(14-19-20(27)9-8-10-21(19)28)24(32)15-31(36(5,34)35)23-13-18(26)12-11-16(23)3/h8-13,17,22H,6-7,14-15H2,1-5H3,(H,29,33). The number of aryl methyl sites for hydroxylation is 1. The van der Waals surface area contributed by atoms with Gasteiger partial charge < -0.3 is 10.2 Å². The van der Waals surface area contributed by atoms with Crippen LogP contribution >= 0.6 is 34.8 Å². The smallest absolute Gasteiger partial charge is 0.244 e. The third-order valence-corrected chi connectivity index (χ3v) is 7.97. The van der Waals surface area contributed by atoms with Crippen molar-refractivity contribution < 1.29 is 18.0 Å². The van der Waals surface area contributed by atoms with Crippen LogP contribution < -0.4 is 9.62 Å². The van der Waals surface area contributed by atoms with E-state index in [1.807, 2.05) is 13.8 Å². The zero-order valence-electron chi connectivity index (χ0n) is 21.0. The normalized spacial score (nSPS) is 13.1. The number of carbonyl (C=O) groups excluding carboxylic acids is 2. The lowest BCUT2D eigenvalue weighted by atomic mass is 10.1. The van der Waals surface area contributed by atoms with Crippen molar-refractivity contribution in [1.29, 1.82) is 0 Å². The molecule has 2 aromatic rings. The van der Waals surface area contributed by atoms with E-state index in [4.69, 9.17) is 34.8 Å². The average molecular weight is 577 g/mol. The van der Waals surface area contributed by atoms with Gasteiger partial charge in [0.15, 0.2) is 0 Å². The first-order chi connectivity index (χ1) is 16.8. The van der Waals surface area contributed by atoms with E-state index >= 15 is 0 Å². The SMILES string of the molecule is CCC(C)NC(=O)C(CC)N(Cc1c(Cl)cccc1Cl)C(=O)CN(c1cc(Cl)ccc1C)S(C)(=O)=O. The molecule has 2 amide bonds. The quantitative estimate of drug-likeness (QED) is 0.386. The van der Waals surface area contributed by atoms with Crippen LogP contribution in [-0.2, 0) is 26.2 Å². The van der Waals surface area contributed by atoms with Crippen molar-refractivity contribution in [3.05, 3.63) is 62.6 Å². The number of nitrogens with zero attached hydrogens (tertiary/aromatic N) is 2. The molecule has 1 N–H and O–H groups in total. The number of sulfonamides is 1. The van der Waals surface area contributed by atoms with Gasteiger partial charge in [0, 0.05) is 33.2 Å². The predicted octanol–water partition coefficient (Wildman–Crippen LogP) is 5.44. The summed E-state index contributed by atoms with van der Waals surface area (Å²) in [4.78, 5) is 28.3. The summed E-state index contributed by atoms with van der Waals surface area (Å²) in [6, 6.07) is 8.80. The minimum absolute atomic E-state index is 0.0735. The number of rotatable bonds is 11. The topological polar surface area (TPSA) is 86.8 Å². The number of hydrogen-bond acceptors (Lipinski definition) is 4.